The van der Waals surface area contributed by atoms with Crippen LogP contribution in [0.3, 0.4) is 0 Å². The lowest BCUT2D eigenvalue weighted by Gasteiger charge is -2.18. The van der Waals surface area contributed by atoms with E-state index in [1.165, 1.54) is 12.1 Å². The molecule has 9 nitrogen and oxygen atoms in total. The van der Waals surface area contributed by atoms with Crippen LogP contribution in [0.15, 0.2) is 44.7 Å². The van der Waals surface area contributed by atoms with Crippen molar-refractivity contribution in [2.24, 2.45) is 20.4 Å². The van der Waals surface area contributed by atoms with Crippen LogP contribution in [0, 0.1) is 10.1 Å². The molecule has 0 aliphatic carbocycles. The van der Waals surface area contributed by atoms with E-state index >= 15 is 0 Å². The second kappa shape index (κ2) is 13.0. The normalized spacial score (nSPS) is 13.4. The minimum absolute atomic E-state index is 0.00795. The van der Waals surface area contributed by atoms with Crippen LogP contribution in [0.5, 0.6) is 0 Å². The summed E-state index contributed by atoms with van der Waals surface area (Å²) in [4.78, 5) is 14.4. The minimum Gasteiger partial charge on any atom is -0.351 e. The molecule has 1 aromatic carbocycles. The number of nitrogens with zero attached hydrogens (tertiary/aromatic N) is 7. The zero-order valence-electron chi connectivity index (χ0n) is 18.0. The van der Waals surface area contributed by atoms with Gasteiger partial charge in [-0.25, -0.2) is 0 Å². The van der Waals surface area contributed by atoms with E-state index in [4.69, 9.17) is 0 Å². The summed E-state index contributed by atoms with van der Waals surface area (Å²) in [6.07, 6.45) is 0. The van der Waals surface area contributed by atoms with Crippen LogP contribution in [0.2, 0.25) is 0 Å². The van der Waals surface area contributed by atoms with Crippen LogP contribution in [0.25, 0.3) is 0 Å². The Balaban J connectivity index is 3.40. The Morgan fingerprint density at radius 2 is 1.30 bits per heavy atom. The Kier molecular flexibility index (Phi) is 11.1. The summed E-state index contributed by atoms with van der Waals surface area (Å²) in [6, 6.07) is 6.04. The molecule has 0 atom stereocenters. The van der Waals surface area contributed by atoms with Gasteiger partial charge in [0.1, 0.15) is 5.71 Å². The second-order valence-electron chi connectivity index (χ2n) is 6.08. The van der Waals surface area contributed by atoms with Crippen molar-refractivity contribution >= 4 is 52.7 Å². The molecule has 11 heteroatoms. The predicted molar refractivity (Wildman–Crippen MR) is 131 cm³/mol. The van der Waals surface area contributed by atoms with E-state index in [1.54, 1.807) is 19.1 Å². The first-order valence-corrected chi connectivity index (χ1v) is 10.6. The van der Waals surface area contributed by atoms with Crippen molar-refractivity contribution in [3.8, 4) is 0 Å². The van der Waals surface area contributed by atoms with Gasteiger partial charge in [0.2, 0.25) is 0 Å². The Bertz CT molecular complexity index is 828. The molecule has 164 valence electrons. The van der Waals surface area contributed by atoms with Gasteiger partial charge in [0.15, 0.2) is 10.3 Å². The number of benzene rings is 1. The zero-order chi connectivity index (χ0) is 22.7. The van der Waals surface area contributed by atoms with Crippen molar-refractivity contribution in [3.05, 3.63) is 39.9 Å². The van der Waals surface area contributed by atoms with Crippen molar-refractivity contribution < 1.29 is 4.92 Å². The van der Waals surface area contributed by atoms with Gasteiger partial charge in [0.05, 0.1) is 10.6 Å². The first kappa shape index (κ1) is 25.6. The van der Waals surface area contributed by atoms with Gasteiger partial charge >= 0.3 is 0 Å². The molecule has 0 saturated heterocycles. The monoisotopic (exact) mass is 451 g/mol. The summed E-state index contributed by atoms with van der Waals surface area (Å²) in [5.41, 5.74) is 1.55. The Hall–Kier alpha value is -2.40. The molecule has 0 N–H and O–H groups in total. The summed E-state index contributed by atoms with van der Waals surface area (Å²) >= 11 is 8.81. The molecule has 1 aromatic rings. The van der Waals surface area contributed by atoms with Crippen molar-refractivity contribution in [3.63, 3.8) is 0 Å². The maximum Gasteiger partial charge on any atom is 0.269 e. The number of rotatable bonds is 9. The highest BCUT2D eigenvalue weighted by atomic mass is 32.1. The fourth-order valence-corrected chi connectivity index (χ4v) is 3.14. The van der Waals surface area contributed by atoms with E-state index < -0.39 is 4.92 Å². The number of hydrogen-bond acceptors (Lipinski definition) is 6. The fourth-order valence-electron chi connectivity index (χ4n) is 2.48. The van der Waals surface area contributed by atoms with E-state index in [0.717, 1.165) is 26.2 Å². The lowest BCUT2D eigenvalue weighted by molar-refractivity contribution is -0.384. The highest BCUT2D eigenvalue weighted by Gasteiger charge is 2.12. The van der Waals surface area contributed by atoms with Crippen molar-refractivity contribution in [2.45, 2.75) is 34.6 Å². The molecule has 0 aliphatic rings. The van der Waals surface area contributed by atoms with E-state index in [1.807, 2.05) is 37.5 Å². The van der Waals surface area contributed by atoms with Gasteiger partial charge in [-0.2, -0.15) is 5.10 Å². The van der Waals surface area contributed by atoms with E-state index in [-0.39, 0.29) is 5.69 Å². The van der Waals surface area contributed by atoms with Gasteiger partial charge in [-0.15, -0.1) is 40.6 Å². The van der Waals surface area contributed by atoms with Gasteiger partial charge < -0.3 is 9.80 Å². The average molecular weight is 452 g/mol. The summed E-state index contributed by atoms with van der Waals surface area (Å²) < 4.78 is 0. The summed E-state index contributed by atoms with van der Waals surface area (Å²) in [5.74, 6) is 0. The number of nitro benzene ring substituents is 1. The topological polar surface area (TPSA) is 99.1 Å². The summed E-state index contributed by atoms with van der Waals surface area (Å²) in [6.45, 7) is 12.8. The smallest absolute Gasteiger partial charge is 0.269 e. The standard InChI is InChI=1S/C19H29N7O2S2/c1-6-24(7-2)18(29)22-20-14(5)17(21-23-19(30)25(8-3)9-4)15-10-12-16(13-11-15)26(27)28/h10-13H,6-9H2,1-5H3,(H,22,29)(H,23,30)/b20-14+,21-17-. The van der Waals surface area contributed by atoms with Gasteiger partial charge in [-0.3, -0.25) is 10.1 Å². The molecule has 0 unspecified atom stereocenters. The number of hydrogen-bond donors (Lipinski definition) is 2. The SMILES string of the molecule is CCN(CC)/C(S)=N/N=C(C)/C(=N/N=C(\S)N(CC)CC)c1ccc([N+](=O)[O-])cc1. The molecule has 0 fully saturated rings. The Labute approximate surface area is 188 Å². The number of non-ortho nitro benzene ring substituents is 1. The summed E-state index contributed by atoms with van der Waals surface area (Å²) in [7, 11) is 0. The quantitative estimate of drug-likeness (QED) is 0.195. The summed E-state index contributed by atoms with van der Waals surface area (Å²) in [5, 5.41) is 28.9. The second-order valence-corrected chi connectivity index (χ2v) is 6.88. The molecule has 0 spiro atoms. The minimum atomic E-state index is -0.451. The van der Waals surface area contributed by atoms with Crippen molar-refractivity contribution in [1.29, 1.82) is 0 Å². The maximum atomic E-state index is 11.0. The molecule has 0 heterocycles. The third-order valence-electron chi connectivity index (χ3n) is 4.32. The fraction of sp³-hybridized carbons (Fsp3) is 0.474. The Morgan fingerprint density at radius 3 is 1.70 bits per heavy atom. The largest absolute Gasteiger partial charge is 0.351 e. The molecule has 0 saturated carbocycles. The van der Waals surface area contributed by atoms with Crippen LogP contribution in [0.4, 0.5) is 5.69 Å². The van der Waals surface area contributed by atoms with Crippen molar-refractivity contribution in [1.82, 2.24) is 9.80 Å². The molecular formula is C19H29N7O2S2. The van der Waals surface area contributed by atoms with E-state index in [2.05, 4.69) is 45.7 Å². The molecule has 0 aliphatic heterocycles. The van der Waals surface area contributed by atoms with Gasteiger partial charge in [-0.05, 0) is 46.8 Å². The van der Waals surface area contributed by atoms with E-state index in [9.17, 15) is 10.1 Å². The number of thiol groups is 2. The van der Waals surface area contributed by atoms with Crippen LogP contribution in [0.1, 0.15) is 40.2 Å². The van der Waals surface area contributed by atoms with Crippen molar-refractivity contribution in [2.75, 3.05) is 26.2 Å². The Morgan fingerprint density at radius 1 is 0.867 bits per heavy atom. The molecule has 0 radical (unpaired) electrons. The van der Waals surface area contributed by atoms with Crippen LogP contribution >= 0.6 is 25.3 Å². The molecule has 0 amide bonds. The molecule has 30 heavy (non-hydrogen) atoms. The van der Waals surface area contributed by atoms with Gasteiger partial charge in [0.25, 0.3) is 5.69 Å². The maximum absolute atomic E-state index is 11.0. The molecule has 0 bridgehead atoms. The van der Waals surface area contributed by atoms with E-state index in [0.29, 0.717) is 27.3 Å². The first-order chi connectivity index (χ1) is 14.3. The number of amidine groups is 2. The highest BCUT2D eigenvalue weighted by molar-refractivity contribution is 7.97. The molecule has 1 rings (SSSR count). The lowest BCUT2D eigenvalue weighted by atomic mass is 10.1. The number of nitro groups is 1. The molecular weight excluding hydrogens is 422 g/mol. The lowest BCUT2D eigenvalue weighted by Crippen LogP contribution is -2.27. The van der Waals surface area contributed by atoms with Gasteiger partial charge in [0, 0.05) is 43.9 Å². The average Bonchev–Trinajstić information content (AvgIpc) is 2.74. The first-order valence-electron chi connectivity index (χ1n) is 9.69. The third-order valence-corrected chi connectivity index (χ3v) is 5.06. The highest BCUT2D eigenvalue weighted by Crippen LogP contribution is 2.14. The van der Waals surface area contributed by atoms with Crippen LogP contribution in [-0.2, 0) is 0 Å². The predicted octanol–water partition coefficient (Wildman–Crippen LogP) is 3.93. The van der Waals surface area contributed by atoms with Gasteiger partial charge in [-0.1, -0.05) is 0 Å². The van der Waals surface area contributed by atoms with Crippen LogP contribution in [-0.4, -0.2) is 62.7 Å². The molecule has 0 aromatic heterocycles. The third kappa shape index (κ3) is 7.45. The zero-order valence-corrected chi connectivity index (χ0v) is 19.8. The van der Waals surface area contributed by atoms with Crippen LogP contribution < -0.4 is 0 Å².